The highest BCUT2D eigenvalue weighted by atomic mass is 19.4. The largest absolute Gasteiger partial charge is 0.493 e. The molecule has 2 aromatic rings. The molecule has 1 heterocycles. The molecule has 116 valence electrons. The van der Waals surface area contributed by atoms with Crippen LogP contribution >= 0.6 is 0 Å². The predicted molar refractivity (Wildman–Crippen MR) is 72.5 cm³/mol. The number of nitrogen functional groups attached to an aromatic ring is 1. The third kappa shape index (κ3) is 3.32. The van der Waals surface area contributed by atoms with E-state index in [4.69, 9.17) is 15.2 Å². The highest BCUT2D eigenvalue weighted by Crippen LogP contribution is 2.33. The van der Waals surface area contributed by atoms with Gasteiger partial charge in [0.15, 0.2) is 11.5 Å². The molecule has 0 fully saturated rings. The third-order valence-electron chi connectivity index (χ3n) is 3.13. The molecule has 0 aliphatic heterocycles. The molecule has 0 unspecified atom stereocenters. The van der Waals surface area contributed by atoms with Gasteiger partial charge in [0, 0.05) is 25.1 Å². The zero-order chi connectivity index (χ0) is 15.6. The van der Waals surface area contributed by atoms with E-state index in [0.29, 0.717) is 22.5 Å². The van der Waals surface area contributed by atoms with Crippen molar-refractivity contribution in [1.29, 1.82) is 0 Å². The number of anilines is 1. The molecule has 0 radical (unpaired) electrons. The minimum Gasteiger partial charge on any atom is -0.493 e. The molecule has 0 saturated heterocycles. The molecule has 1 aromatic heterocycles. The van der Waals surface area contributed by atoms with Crippen molar-refractivity contribution in [1.82, 2.24) is 9.55 Å². The number of aromatic nitrogens is 2. The average Bonchev–Trinajstić information content (AvgIpc) is 2.71. The summed E-state index contributed by atoms with van der Waals surface area (Å²) in [6.45, 7) is 0.136. The Balaban J connectivity index is 2.33. The van der Waals surface area contributed by atoms with Gasteiger partial charge in [-0.2, -0.15) is 13.2 Å². The van der Waals surface area contributed by atoms with Crippen molar-refractivity contribution in [3.05, 3.63) is 12.1 Å². The zero-order valence-corrected chi connectivity index (χ0v) is 11.7. The van der Waals surface area contributed by atoms with Crippen LogP contribution < -0.4 is 15.2 Å². The Morgan fingerprint density at radius 3 is 2.38 bits per heavy atom. The Morgan fingerprint density at radius 1 is 1.19 bits per heavy atom. The van der Waals surface area contributed by atoms with E-state index in [1.807, 2.05) is 0 Å². The van der Waals surface area contributed by atoms with Gasteiger partial charge >= 0.3 is 6.18 Å². The van der Waals surface area contributed by atoms with E-state index in [1.54, 1.807) is 16.7 Å². The maximum absolute atomic E-state index is 12.2. The lowest BCUT2D eigenvalue weighted by Crippen LogP contribution is -2.10. The lowest BCUT2D eigenvalue weighted by molar-refractivity contribution is -0.135. The summed E-state index contributed by atoms with van der Waals surface area (Å²) in [6, 6.07) is 3.30. The SMILES string of the molecule is COc1cc2nc(N)n(CCCC(F)(F)F)c2cc1OC. The van der Waals surface area contributed by atoms with E-state index >= 15 is 0 Å². The van der Waals surface area contributed by atoms with Crippen LogP contribution in [0.25, 0.3) is 11.0 Å². The zero-order valence-electron chi connectivity index (χ0n) is 11.7. The maximum Gasteiger partial charge on any atom is 0.389 e. The van der Waals surface area contributed by atoms with E-state index < -0.39 is 12.6 Å². The molecule has 0 amide bonds. The molecule has 0 atom stereocenters. The quantitative estimate of drug-likeness (QED) is 0.922. The van der Waals surface area contributed by atoms with E-state index in [2.05, 4.69) is 4.98 Å². The molecule has 0 aliphatic carbocycles. The van der Waals surface area contributed by atoms with E-state index in [9.17, 15) is 13.2 Å². The normalized spacial score (nSPS) is 11.9. The number of fused-ring (bicyclic) bond motifs is 1. The van der Waals surface area contributed by atoms with E-state index in [0.717, 1.165) is 0 Å². The summed E-state index contributed by atoms with van der Waals surface area (Å²) in [5.41, 5.74) is 6.95. The van der Waals surface area contributed by atoms with Crippen molar-refractivity contribution in [2.24, 2.45) is 0 Å². The third-order valence-corrected chi connectivity index (χ3v) is 3.13. The minimum atomic E-state index is -4.17. The average molecular weight is 303 g/mol. The van der Waals surface area contributed by atoms with Gasteiger partial charge < -0.3 is 19.8 Å². The first kappa shape index (κ1) is 15.3. The van der Waals surface area contributed by atoms with Gasteiger partial charge in [0.05, 0.1) is 25.3 Å². The monoisotopic (exact) mass is 303 g/mol. The Morgan fingerprint density at radius 2 is 1.81 bits per heavy atom. The van der Waals surface area contributed by atoms with Crippen LogP contribution in [0.4, 0.5) is 19.1 Å². The van der Waals surface area contributed by atoms with Crippen LogP contribution in [0.1, 0.15) is 12.8 Å². The summed E-state index contributed by atoms with van der Waals surface area (Å²) in [4.78, 5) is 4.14. The van der Waals surface area contributed by atoms with Gasteiger partial charge in [-0.05, 0) is 6.42 Å². The van der Waals surface area contributed by atoms with Crippen molar-refractivity contribution in [3.63, 3.8) is 0 Å². The van der Waals surface area contributed by atoms with Gasteiger partial charge in [0.1, 0.15) is 0 Å². The lowest BCUT2D eigenvalue weighted by Gasteiger charge is -2.10. The number of halogens is 3. The van der Waals surface area contributed by atoms with Gasteiger partial charge in [0.2, 0.25) is 5.95 Å². The smallest absolute Gasteiger partial charge is 0.389 e. The second kappa shape index (κ2) is 5.71. The highest BCUT2D eigenvalue weighted by Gasteiger charge is 2.26. The Labute approximate surface area is 119 Å². The number of methoxy groups -OCH3 is 2. The molecule has 8 heteroatoms. The summed E-state index contributed by atoms with van der Waals surface area (Å²) in [5.74, 6) is 1.13. The van der Waals surface area contributed by atoms with Gasteiger partial charge in [0.25, 0.3) is 0 Å². The Kier molecular flexibility index (Phi) is 4.15. The maximum atomic E-state index is 12.2. The molecule has 5 nitrogen and oxygen atoms in total. The molecule has 0 spiro atoms. The number of benzene rings is 1. The van der Waals surface area contributed by atoms with Crippen LogP contribution in [-0.4, -0.2) is 29.9 Å². The van der Waals surface area contributed by atoms with Crippen LogP contribution in [0.5, 0.6) is 11.5 Å². The van der Waals surface area contributed by atoms with Gasteiger partial charge in [-0.15, -0.1) is 0 Å². The van der Waals surface area contributed by atoms with Crippen LogP contribution in [0.3, 0.4) is 0 Å². The molecule has 0 saturated carbocycles. The number of imidazole rings is 1. The molecule has 2 N–H and O–H groups in total. The minimum absolute atomic E-state index is 0.0620. The number of aryl methyl sites for hydroxylation is 1. The van der Waals surface area contributed by atoms with E-state index in [-0.39, 0.29) is 18.9 Å². The van der Waals surface area contributed by atoms with Gasteiger partial charge in [-0.25, -0.2) is 4.98 Å². The fraction of sp³-hybridized carbons (Fsp3) is 0.462. The first-order valence-electron chi connectivity index (χ1n) is 6.30. The van der Waals surface area contributed by atoms with Crippen LogP contribution in [0, 0.1) is 0 Å². The number of alkyl halides is 3. The van der Waals surface area contributed by atoms with Gasteiger partial charge in [-0.3, -0.25) is 0 Å². The predicted octanol–water partition coefficient (Wildman–Crippen LogP) is 2.98. The molecular formula is C13H16F3N3O2. The molecule has 21 heavy (non-hydrogen) atoms. The van der Waals surface area contributed by atoms with Crippen molar-refractivity contribution in [2.75, 3.05) is 20.0 Å². The molecular weight excluding hydrogens is 287 g/mol. The number of hydrogen-bond acceptors (Lipinski definition) is 4. The summed E-state index contributed by atoms with van der Waals surface area (Å²) in [7, 11) is 2.98. The summed E-state index contributed by atoms with van der Waals surface area (Å²) in [6.07, 6.45) is -5.10. The van der Waals surface area contributed by atoms with Crippen LogP contribution in [-0.2, 0) is 6.54 Å². The molecule has 0 bridgehead atoms. The fourth-order valence-electron chi connectivity index (χ4n) is 2.14. The second-order valence-electron chi connectivity index (χ2n) is 4.54. The van der Waals surface area contributed by atoms with Crippen molar-refractivity contribution >= 4 is 17.0 Å². The fourth-order valence-corrected chi connectivity index (χ4v) is 2.14. The topological polar surface area (TPSA) is 62.3 Å². The summed E-state index contributed by atoms with van der Waals surface area (Å²) >= 11 is 0. The first-order valence-corrected chi connectivity index (χ1v) is 6.30. The van der Waals surface area contributed by atoms with Crippen LogP contribution in [0.15, 0.2) is 12.1 Å². The summed E-state index contributed by atoms with van der Waals surface area (Å²) < 4.78 is 48.6. The van der Waals surface area contributed by atoms with Crippen molar-refractivity contribution in [3.8, 4) is 11.5 Å². The Bertz CT molecular complexity index is 638. The highest BCUT2D eigenvalue weighted by molar-refractivity contribution is 5.82. The first-order chi connectivity index (χ1) is 9.85. The number of nitrogens with two attached hydrogens (primary N) is 1. The van der Waals surface area contributed by atoms with Crippen molar-refractivity contribution in [2.45, 2.75) is 25.6 Å². The standard InChI is InChI=1S/C13H16F3N3O2/c1-20-10-6-8-9(7-11(10)21-2)19(12(17)18-8)5-3-4-13(14,15)16/h6-7H,3-5H2,1-2H3,(H2,17,18). The number of rotatable bonds is 5. The Hall–Kier alpha value is -2.12. The van der Waals surface area contributed by atoms with Crippen molar-refractivity contribution < 1.29 is 22.6 Å². The molecule has 0 aliphatic rings. The molecule has 2 rings (SSSR count). The lowest BCUT2D eigenvalue weighted by atomic mass is 10.2. The number of hydrogen-bond donors (Lipinski definition) is 1. The van der Waals surface area contributed by atoms with Crippen LogP contribution in [0.2, 0.25) is 0 Å². The number of ether oxygens (including phenoxy) is 2. The molecule has 1 aromatic carbocycles. The second-order valence-corrected chi connectivity index (χ2v) is 4.54. The van der Waals surface area contributed by atoms with E-state index in [1.165, 1.54) is 14.2 Å². The summed E-state index contributed by atoms with van der Waals surface area (Å²) in [5, 5.41) is 0. The number of nitrogens with zero attached hydrogens (tertiary/aromatic N) is 2. The van der Waals surface area contributed by atoms with Gasteiger partial charge in [-0.1, -0.05) is 0 Å².